The lowest BCUT2D eigenvalue weighted by atomic mass is 10.1. The predicted molar refractivity (Wildman–Crippen MR) is 95.5 cm³/mol. The Hall–Kier alpha value is -2.40. The molecule has 0 aliphatic heterocycles. The van der Waals surface area contributed by atoms with Gasteiger partial charge in [-0.3, -0.25) is 4.79 Å². The van der Waals surface area contributed by atoms with Crippen molar-refractivity contribution in [2.24, 2.45) is 5.92 Å². The predicted octanol–water partition coefficient (Wildman–Crippen LogP) is 3.09. The first-order valence-electron chi connectivity index (χ1n) is 8.62. The highest BCUT2D eigenvalue weighted by molar-refractivity contribution is 5.83. The molecule has 1 saturated carbocycles. The van der Waals surface area contributed by atoms with E-state index >= 15 is 0 Å². The average Bonchev–Trinajstić information content (AvgIpc) is 3.44. The summed E-state index contributed by atoms with van der Waals surface area (Å²) in [5, 5.41) is 3.09. The van der Waals surface area contributed by atoms with Crippen molar-refractivity contribution in [3.05, 3.63) is 59.8 Å². The van der Waals surface area contributed by atoms with Gasteiger partial charge in [-0.25, -0.2) is 4.98 Å². The number of pyridine rings is 1. The van der Waals surface area contributed by atoms with Gasteiger partial charge >= 0.3 is 0 Å². The molecule has 3 unspecified atom stereocenters. The summed E-state index contributed by atoms with van der Waals surface area (Å²) >= 11 is 0. The Bertz CT molecular complexity index is 688. The van der Waals surface area contributed by atoms with E-state index in [-0.39, 0.29) is 17.9 Å². The van der Waals surface area contributed by atoms with Crippen LogP contribution < -0.4 is 10.1 Å². The molecular weight excluding hydrogens is 316 g/mol. The Kier molecular flexibility index (Phi) is 5.66. The van der Waals surface area contributed by atoms with Crippen molar-refractivity contribution in [1.29, 1.82) is 0 Å². The van der Waals surface area contributed by atoms with Crippen LogP contribution in [-0.2, 0) is 9.53 Å². The smallest absolute Gasteiger partial charge is 0.224 e. The van der Waals surface area contributed by atoms with Gasteiger partial charge in [-0.2, -0.15) is 0 Å². The molecule has 132 valence electrons. The first-order chi connectivity index (χ1) is 12.2. The van der Waals surface area contributed by atoms with Crippen LogP contribution in [0.2, 0.25) is 0 Å². The van der Waals surface area contributed by atoms with Crippen LogP contribution in [0.15, 0.2) is 48.7 Å². The van der Waals surface area contributed by atoms with Gasteiger partial charge in [0, 0.05) is 25.3 Å². The molecule has 1 aliphatic carbocycles. The lowest BCUT2D eigenvalue weighted by Gasteiger charge is -2.14. The lowest BCUT2D eigenvalue weighted by molar-refractivity contribution is -0.123. The van der Waals surface area contributed by atoms with Crippen LogP contribution in [0.3, 0.4) is 0 Å². The fraction of sp³-hybridized carbons (Fsp3) is 0.400. The summed E-state index contributed by atoms with van der Waals surface area (Å²) in [6.07, 6.45) is 2.67. The van der Waals surface area contributed by atoms with E-state index in [2.05, 4.69) is 22.4 Å². The highest BCUT2D eigenvalue weighted by Crippen LogP contribution is 2.47. The topological polar surface area (TPSA) is 60.5 Å². The van der Waals surface area contributed by atoms with E-state index in [0.29, 0.717) is 25.0 Å². The number of ether oxygens (including phenoxy) is 2. The minimum Gasteiger partial charge on any atom is -0.475 e. The number of nitrogens with one attached hydrogen (secondary N) is 1. The molecule has 0 saturated heterocycles. The molecular formula is C20H24N2O3. The number of amides is 1. The third-order valence-electron chi connectivity index (χ3n) is 4.51. The van der Waals surface area contributed by atoms with Crippen LogP contribution in [0.4, 0.5) is 0 Å². The van der Waals surface area contributed by atoms with E-state index in [9.17, 15) is 4.79 Å². The molecule has 25 heavy (non-hydrogen) atoms. The second kappa shape index (κ2) is 8.12. The Labute approximate surface area is 148 Å². The largest absolute Gasteiger partial charge is 0.475 e. The number of benzene rings is 1. The number of rotatable bonds is 8. The van der Waals surface area contributed by atoms with Gasteiger partial charge < -0.3 is 14.8 Å². The van der Waals surface area contributed by atoms with Gasteiger partial charge in [-0.05, 0) is 30.4 Å². The molecule has 1 heterocycles. The van der Waals surface area contributed by atoms with Crippen LogP contribution in [0, 0.1) is 5.92 Å². The molecule has 1 amide bonds. The summed E-state index contributed by atoms with van der Waals surface area (Å²) in [7, 11) is 1.63. The van der Waals surface area contributed by atoms with Crippen molar-refractivity contribution in [1.82, 2.24) is 10.3 Å². The zero-order chi connectivity index (χ0) is 17.6. The van der Waals surface area contributed by atoms with Crippen molar-refractivity contribution >= 4 is 5.91 Å². The van der Waals surface area contributed by atoms with Crippen molar-refractivity contribution in [2.45, 2.75) is 25.3 Å². The maximum Gasteiger partial charge on any atom is 0.224 e. The van der Waals surface area contributed by atoms with Crippen LogP contribution in [-0.4, -0.2) is 31.2 Å². The summed E-state index contributed by atoms with van der Waals surface area (Å²) in [4.78, 5) is 16.7. The fourth-order valence-electron chi connectivity index (χ4n) is 2.92. The highest BCUT2D eigenvalue weighted by atomic mass is 16.5. The van der Waals surface area contributed by atoms with Crippen molar-refractivity contribution in [3.8, 4) is 5.88 Å². The Morgan fingerprint density at radius 1 is 1.24 bits per heavy atom. The minimum absolute atomic E-state index is 0.0782. The summed E-state index contributed by atoms with van der Waals surface area (Å²) in [6.45, 7) is 2.97. The van der Waals surface area contributed by atoms with E-state index in [1.54, 1.807) is 13.3 Å². The molecule has 1 fully saturated rings. The first-order valence-corrected chi connectivity index (χ1v) is 8.62. The van der Waals surface area contributed by atoms with Gasteiger partial charge in [0.25, 0.3) is 0 Å². The number of hydrogen-bond acceptors (Lipinski definition) is 4. The van der Waals surface area contributed by atoms with E-state index in [1.165, 1.54) is 5.56 Å². The molecule has 3 atom stereocenters. The molecule has 5 heteroatoms. The number of carbonyl (C=O) groups excluding carboxylic acids is 1. The summed E-state index contributed by atoms with van der Waals surface area (Å²) in [6, 6.07) is 13.9. The molecule has 0 spiro atoms. The van der Waals surface area contributed by atoms with E-state index < -0.39 is 0 Å². The monoisotopic (exact) mass is 340 g/mol. The number of methoxy groups -OCH3 is 1. The van der Waals surface area contributed by atoms with Gasteiger partial charge in [-0.15, -0.1) is 0 Å². The Morgan fingerprint density at radius 2 is 2.04 bits per heavy atom. The van der Waals surface area contributed by atoms with Crippen LogP contribution >= 0.6 is 0 Å². The van der Waals surface area contributed by atoms with Crippen LogP contribution in [0.25, 0.3) is 0 Å². The Balaban J connectivity index is 1.50. The Morgan fingerprint density at radius 3 is 2.72 bits per heavy atom. The standard InChI is InChI=1S/C20H24N2O3/c1-14(16-8-9-19(21-13-16)25-11-10-24-2)22-20(23)18-12-17(18)15-6-4-3-5-7-15/h3-9,13-14,17-18H,10-12H2,1-2H3,(H,22,23). The van der Waals surface area contributed by atoms with Gasteiger partial charge in [0.1, 0.15) is 6.61 Å². The highest BCUT2D eigenvalue weighted by Gasteiger charge is 2.44. The SMILES string of the molecule is COCCOc1ccc(C(C)NC(=O)C2CC2c2ccccc2)cn1. The quantitative estimate of drug-likeness (QED) is 0.750. The summed E-state index contributed by atoms with van der Waals surface area (Å²) < 4.78 is 10.4. The zero-order valence-electron chi connectivity index (χ0n) is 14.6. The number of hydrogen-bond donors (Lipinski definition) is 1. The summed E-state index contributed by atoms with van der Waals surface area (Å²) in [5.74, 6) is 1.10. The molecule has 1 aromatic carbocycles. The van der Waals surface area contributed by atoms with E-state index in [1.807, 2.05) is 37.3 Å². The minimum atomic E-state index is -0.0787. The maximum atomic E-state index is 12.4. The summed E-state index contributed by atoms with van der Waals surface area (Å²) in [5.41, 5.74) is 2.21. The molecule has 1 aliphatic rings. The van der Waals surface area contributed by atoms with E-state index in [0.717, 1.165) is 12.0 Å². The molecule has 1 aromatic heterocycles. The van der Waals surface area contributed by atoms with Crippen LogP contribution in [0.5, 0.6) is 5.88 Å². The number of nitrogens with zero attached hydrogens (tertiary/aromatic N) is 1. The zero-order valence-corrected chi connectivity index (χ0v) is 14.6. The molecule has 2 aromatic rings. The van der Waals surface area contributed by atoms with Crippen molar-refractivity contribution < 1.29 is 14.3 Å². The number of aromatic nitrogens is 1. The number of carbonyl (C=O) groups is 1. The van der Waals surface area contributed by atoms with Crippen molar-refractivity contribution in [3.63, 3.8) is 0 Å². The average molecular weight is 340 g/mol. The van der Waals surface area contributed by atoms with Gasteiger partial charge in [0.2, 0.25) is 11.8 Å². The third-order valence-corrected chi connectivity index (χ3v) is 4.51. The van der Waals surface area contributed by atoms with Gasteiger partial charge in [0.15, 0.2) is 0 Å². The molecule has 0 radical (unpaired) electrons. The van der Waals surface area contributed by atoms with E-state index in [4.69, 9.17) is 9.47 Å². The van der Waals surface area contributed by atoms with Gasteiger partial charge in [-0.1, -0.05) is 36.4 Å². The van der Waals surface area contributed by atoms with Crippen LogP contribution in [0.1, 0.15) is 36.4 Å². The lowest BCUT2D eigenvalue weighted by Crippen LogP contribution is -2.28. The molecule has 0 bridgehead atoms. The first kappa shape index (κ1) is 17.4. The second-order valence-corrected chi connectivity index (χ2v) is 6.36. The second-order valence-electron chi connectivity index (χ2n) is 6.36. The normalized spacial score (nSPS) is 19.9. The molecule has 3 rings (SSSR count). The maximum absolute atomic E-state index is 12.4. The van der Waals surface area contributed by atoms with Gasteiger partial charge in [0.05, 0.1) is 12.6 Å². The molecule has 5 nitrogen and oxygen atoms in total. The molecule has 1 N–H and O–H groups in total. The third kappa shape index (κ3) is 4.57. The fourth-order valence-corrected chi connectivity index (χ4v) is 2.92. The van der Waals surface area contributed by atoms with Crippen molar-refractivity contribution in [2.75, 3.05) is 20.3 Å².